The highest BCUT2D eigenvalue weighted by atomic mass is 32.3. The summed E-state index contributed by atoms with van der Waals surface area (Å²) in [5, 5.41) is 8.87. The number of nitrogen functional groups attached to an aromatic ring is 1. The van der Waals surface area contributed by atoms with Crippen molar-refractivity contribution in [2.75, 3.05) is 5.73 Å². The van der Waals surface area contributed by atoms with Crippen molar-refractivity contribution < 1.29 is 35.2 Å². The van der Waals surface area contributed by atoms with Crippen LogP contribution < -0.4 is 5.73 Å². The maximum absolute atomic E-state index is 12.1. The van der Waals surface area contributed by atoms with Gasteiger partial charge >= 0.3 is 15.5 Å². The summed E-state index contributed by atoms with van der Waals surface area (Å²) in [6, 6.07) is 3.53. The van der Waals surface area contributed by atoms with Gasteiger partial charge in [-0.25, -0.2) is 8.42 Å². The number of nitrogens with two attached hydrogens (primary N) is 1. The van der Waals surface area contributed by atoms with Crippen molar-refractivity contribution in [3.05, 3.63) is 24.3 Å². The number of sulfonamides is 2. The first kappa shape index (κ1) is 15.7. The Morgan fingerprint density at radius 1 is 1.05 bits per heavy atom. The lowest BCUT2D eigenvalue weighted by Crippen LogP contribution is -2.42. The van der Waals surface area contributed by atoms with E-state index in [1.54, 1.807) is 0 Å². The van der Waals surface area contributed by atoms with E-state index in [2.05, 4.69) is 0 Å². The van der Waals surface area contributed by atoms with Crippen LogP contribution in [0.25, 0.3) is 0 Å². The van der Waals surface area contributed by atoms with Crippen molar-refractivity contribution >= 4 is 25.7 Å². The smallest absolute Gasteiger partial charge is 0.399 e. The summed E-state index contributed by atoms with van der Waals surface area (Å²) >= 11 is 0. The van der Waals surface area contributed by atoms with Crippen molar-refractivity contribution in [3.63, 3.8) is 0 Å². The number of hydrogen-bond acceptors (Lipinski definition) is 6. The minimum atomic E-state index is -6.42. The molecule has 0 saturated carbocycles. The molecule has 1 rings (SSSR count). The largest absolute Gasteiger partial charge is 0.514 e. The van der Waals surface area contributed by atoms with E-state index in [-0.39, 0.29) is 5.69 Å². The third-order valence-electron chi connectivity index (χ3n) is 1.88. The van der Waals surface area contributed by atoms with Crippen molar-refractivity contribution in [2.45, 2.75) is 10.4 Å². The monoisotopic (exact) mass is 320 g/mol. The SMILES string of the molecule is Nc1ccc(S(=O)(=O)N(O)S(=O)(=O)C(F)(F)F)cc1. The lowest BCUT2D eigenvalue weighted by atomic mass is 10.3. The fourth-order valence-corrected chi connectivity index (χ4v) is 3.33. The second kappa shape index (κ2) is 4.63. The van der Waals surface area contributed by atoms with Crippen molar-refractivity contribution in [2.24, 2.45) is 0 Å². The number of anilines is 1. The number of halogens is 3. The van der Waals surface area contributed by atoms with Crippen LogP contribution in [0.5, 0.6) is 0 Å². The van der Waals surface area contributed by atoms with Gasteiger partial charge < -0.3 is 5.73 Å². The van der Waals surface area contributed by atoms with Crippen molar-refractivity contribution in [3.8, 4) is 0 Å². The summed E-state index contributed by atoms with van der Waals surface area (Å²) < 4.78 is 79.2. The van der Waals surface area contributed by atoms with Crippen LogP contribution in [0.1, 0.15) is 0 Å². The second-order valence-corrected chi connectivity index (χ2v) is 6.96. The molecular formula is C7H7F3N2O5S2. The zero-order valence-electron chi connectivity index (χ0n) is 8.86. The Balaban J connectivity index is 3.33. The molecule has 1 aromatic rings. The summed E-state index contributed by atoms with van der Waals surface area (Å²) in [6.07, 6.45) is 0. The van der Waals surface area contributed by atoms with Gasteiger partial charge in [0.05, 0.1) is 4.90 Å². The van der Waals surface area contributed by atoms with Crippen molar-refractivity contribution in [1.29, 1.82) is 0 Å². The van der Waals surface area contributed by atoms with Gasteiger partial charge in [0.15, 0.2) is 0 Å². The molecule has 0 spiro atoms. The van der Waals surface area contributed by atoms with Gasteiger partial charge in [0.25, 0.3) is 10.0 Å². The third-order valence-corrected chi connectivity index (χ3v) is 5.33. The maximum Gasteiger partial charge on any atom is 0.514 e. The Bertz CT molecular complexity index is 666. The van der Waals surface area contributed by atoms with Crippen LogP contribution in [-0.4, -0.2) is 31.4 Å². The van der Waals surface area contributed by atoms with Crippen LogP contribution in [0, 0.1) is 0 Å². The molecule has 0 aliphatic rings. The molecule has 0 aliphatic carbocycles. The Morgan fingerprint density at radius 3 is 1.84 bits per heavy atom. The van der Waals surface area contributed by atoms with E-state index in [9.17, 15) is 30.0 Å². The van der Waals surface area contributed by atoms with Gasteiger partial charge in [-0.1, -0.05) is 0 Å². The standard InChI is InChI=1S/C7H7F3N2O5S2/c8-7(9,10)19(16,17)12(13)18(14,15)6-3-1-5(11)2-4-6/h1-4,13H,11H2. The number of alkyl halides is 3. The van der Waals surface area contributed by atoms with Gasteiger partial charge in [0.2, 0.25) is 0 Å². The predicted octanol–water partition coefficient (Wildman–Crippen LogP) is 0.498. The first-order valence-corrected chi connectivity index (χ1v) is 7.20. The molecule has 3 N–H and O–H groups in total. The molecule has 0 amide bonds. The first-order valence-electron chi connectivity index (χ1n) is 4.32. The molecule has 0 aromatic heterocycles. The van der Waals surface area contributed by atoms with Crippen LogP contribution in [0.2, 0.25) is 0 Å². The first-order chi connectivity index (χ1) is 8.40. The second-order valence-electron chi connectivity index (χ2n) is 3.20. The van der Waals surface area contributed by atoms with Gasteiger partial charge in [-0.05, 0) is 24.3 Å². The lowest BCUT2D eigenvalue weighted by Gasteiger charge is -2.16. The minimum absolute atomic E-state index is 0.0992. The van der Waals surface area contributed by atoms with E-state index in [0.717, 1.165) is 24.3 Å². The average Bonchev–Trinajstić information content (AvgIpc) is 2.27. The van der Waals surface area contributed by atoms with E-state index in [1.165, 1.54) is 0 Å². The highest BCUT2D eigenvalue weighted by Gasteiger charge is 2.54. The number of hydrogen-bond donors (Lipinski definition) is 2. The van der Waals surface area contributed by atoms with E-state index in [0.29, 0.717) is 0 Å². The molecule has 1 aromatic carbocycles. The summed E-state index contributed by atoms with van der Waals surface area (Å²) in [5.41, 5.74) is -0.625. The van der Waals surface area contributed by atoms with Crippen LogP contribution in [-0.2, 0) is 20.0 Å². The number of nitrogens with zero attached hydrogens (tertiary/aromatic N) is 1. The van der Waals surface area contributed by atoms with E-state index in [4.69, 9.17) is 10.9 Å². The Morgan fingerprint density at radius 2 is 1.47 bits per heavy atom. The van der Waals surface area contributed by atoms with E-state index >= 15 is 0 Å². The highest BCUT2D eigenvalue weighted by Crippen LogP contribution is 2.29. The number of rotatable bonds is 3. The Hall–Kier alpha value is -1.37. The quantitative estimate of drug-likeness (QED) is 0.618. The molecule has 0 fully saturated rings. The topological polar surface area (TPSA) is 118 Å². The zero-order chi connectivity index (χ0) is 15.1. The summed E-state index contributed by atoms with van der Waals surface area (Å²) in [5.74, 6) is 0. The molecule has 0 aliphatic heterocycles. The molecule has 19 heavy (non-hydrogen) atoms. The van der Waals surface area contributed by atoms with Gasteiger partial charge in [-0.2, -0.15) is 21.6 Å². The Kier molecular flexibility index (Phi) is 3.82. The molecule has 108 valence electrons. The lowest BCUT2D eigenvalue weighted by molar-refractivity contribution is -0.0580. The van der Waals surface area contributed by atoms with Crippen LogP contribution >= 0.6 is 0 Å². The molecular weight excluding hydrogens is 313 g/mol. The molecule has 0 heterocycles. The van der Waals surface area contributed by atoms with Gasteiger partial charge in [0, 0.05) is 9.56 Å². The van der Waals surface area contributed by atoms with Crippen LogP contribution in [0.15, 0.2) is 29.2 Å². The van der Waals surface area contributed by atoms with E-state index < -0.39 is 34.3 Å². The van der Waals surface area contributed by atoms with Gasteiger partial charge in [0.1, 0.15) is 0 Å². The Labute approximate surface area is 106 Å². The molecule has 0 bridgehead atoms. The summed E-state index contributed by atoms with van der Waals surface area (Å²) in [7, 11) is -11.7. The molecule has 0 unspecified atom stereocenters. The molecule has 0 radical (unpaired) electrons. The fraction of sp³-hybridized carbons (Fsp3) is 0.143. The molecule has 12 heteroatoms. The summed E-state index contributed by atoms with van der Waals surface area (Å²) in [6.45, 7) is 0. The highest BCUT2D eigenvalue weighted by molar-refractivity contribution is 8.04. The zero-order valence-corrected chi connectivity index (χ0v) is 10.5. The molecule has 0 saturated heterocycles. The minimum Gasteiger partial charge on any atom is -0.399 e. The maximum atomic E-state index is 12.1. The van der Waals surface area contributed by atoms with Gasteiger partial charge in [-0.3, -0.25) is 5.21 Å². The molecule has 0 atom stereocenters. The van der Waals surface area contributed by atoms with Crippen LogP contribution in [0.4, 0.5) is 18.9 Å². The normalized spacial score (nSPS) is 13.7. The number of benzene rings is 1. The van der Waals surface area contributed by atoms with Crippen molar-refractivity contribution in [1.82, 2.24) is 3.87 Å². The van der Waals surface area contributed by atoms with Crippen LogP contribution in [0.3, 0.4) is 0 Å². The predicted molar refractivity (Wildman–Crippen MR) is 56.6 cm³/mol. The fourth-order valence-electron chi connectivity index (χ4n) is 0.948. The molecule has 7 nitrogen and oxygen atoms in total. The van der Waals surface area contributed by atoms with E-state index in [1.807, 2.05) is 0 Å². The third kappa shape index (κ3) is 2.80. The van der Waals surface area contributed by atoms with Gasteiger partial charge in [-0.15, -0.1) is 0 Å². The average molecular weight is 320 g/mol. The summed E-state index contributed by atoms with van der Waals surface area (Å²) in [4.78, 5) is -0.864.